The van der Waals surface area contributed by atoms with Crippen LogP contribution in [0.4, 0.5) is 14.7 Å². The van der Waals surface area contributed by atoms with Crippen LogP contribution in [0.5, 0.6) is 5.75 Å². The molecular weight excluding hydrogens is 454 g/mol. The second-order valence-corrected chi connectivity index (χ2v) is 8.08. The van der Waals surface area contributed by atoms with Gasteiger partial charge in [0.2, 0.25) is 5.95 Å². The van der Waals surface area contributed by atoms with Crippen LogP contribution in [-0.4, -0.2) is 44.2 Å². The number of nitrogens with zero attached hydrogens (tertiary/aromatic N) is 3. The third-order valence-electron chi connectivity index (χ3n) is 3.87. The zero-order valence-electron chi connectivity index (χ0n) is 15.6. The van der Waals surface area contributed by atoms with Crippen molar-refractivity contribution in [2.75, 3.05) is 18.4 Å². The van der Waals surface area contributed by atoms with E-state index in [-0.39, 0.29) is 11.8 Å². The molecule has 0 saturated carbocycles. The number of hydrogen-bond acceptors (Lipinski definition) is 5. The summed E-state index contributed by atoms with van der Waals surface area (Å²) in [6.07, 6.45) is 3.97. The molecule has 0 aliphatic carbocycles. The molecule has 0 bridgehead atoms. The van der Waals surface area contributed by atoms with E-state index in [1.807, 2.05) is 42.4 Å². The summed E-state index contributed by atoms with van der Waals surface area (Å²) in [6, 6.07) is 7.60. The Kier molecular flexibility index (Phi) is 9.20. The Morgan fingerprint density at radius 2 is 1.89 bits per heavy atom. The Balaban J connectivity index is 0.00000136. The molecular formula is C18H23BrF2N4O2S. The zero-order valence-corrected chi connectivity index (χ0v) is 18.1. The predicted molar refractivity (Wildman–Crippen MR) is 109 cm³/mol. The summed E-state index contributed by atoms with van der Waals surface area (Å²) < 4.78 is 43.9. The van der Waals surface area contributed by atoms with Gasteiger partial charge in [0, 0.05) is 23.6 Å². The molecule has 1 aromatic heterocycles. The standard InChI is InChI=1S/C16H17BrF2N4O2S.C2H6/c17-11-2-1-3-14(8-11)26(24)23-6-4-12(5-7-23)22-16-20-9-13(10-21-16)25-15(18)19;1-2/h1-3,8-10,12,15H,4-7H2,(H,20,21,22);1-2H3. The molecule has 0 radical (unpaired) electrons. The van der Waals surface area contributed by atoms with Crippen molar-refractivity contribution < 1.29 is 17.7 Å². The number of aromatic nitrogens is 2. The van der Waals surface area contributed by atoms with E-state index in [0.29, 0.717) is 19.0 Å². The smallest absolute Gasteiger partial charge is 0.387 e. The van der Waals surface area contributed by atoms with Crippen LogP contribution in [0.15, 0.2) is 46.0 Å². The summed E-state index contributed by atoms with van der Waals surface area (Å²) in [6.45, 7) is 2.44. The topological polar surface area (TPSA) is 67.4 Å². The van der Waals surface area contributed by atoms with E-state index >= 15 is 0 Å². The van der Waals surface area contributed by atoms with Crippen molar-refractivity contribution in [3.8, 4) is 5.75 Å². The third kappa shape index (κ3) is 6.75. The minimum absolute atomic E-state index is 0.0789. The number of benzene rings is 1. The van der Waals surface area contributed by atoms with Gasteiger partial charge in [0.1, 0.15) is 11.0 Å². The summed E-state index contributed by atoms with van der Waals surface area (Å²) in [4.78, 5) is 8.72. The molecule has 1 atom stereocenters. The van der Waals surface area contributed by atoms with Crippen LogP contribution in [0, 0.1) is 0 Å². The first kappa shape index (κ1) is 22.6. The first-order valence-electron chi connectivity index (χ1n) is 8.97. The lowest BCUT2D eigenvalue weighted by Gasteiger charge is -2.31. The Bertz CT molecular complexity index is 760. The number of anilines is 1. The van der Waals surface area contributed by atoms with Crippen LogP contribution in [0.25, 0.3) is 0 Å². The van der Waals surface area contributed by atoms with Crippen LogP contribution >= 0.6 is 15.9 Å². The lowest BCUT2D eigenvalue weighted by Crippen LogP contribution is -2.40. The van der Waals surface area contributed by atoms with Gasteiger partial charge in [0.05, 0.1) is 17.3 Å². The number of rotatable bonds is 6. The van der Waals surface area contributed by atoms with E-state index in [1.165, 1.54) is 12.4 Å². The first-order chi connectivity index (χ1) is 13.5. The van der Waals surface area contributed by atoms with Crippen molar-refractivity contribution in [3.05, 3.63) is 41.1 Å². The predicted octanol–water partition coefficient (Wildman–Crippen LogP) is 4.47. The van der Waals surface area contributed by atoms with Crippen molar-refractivity contribution >= 4 is 32.9 Å². The third-order valence-corrected chi connectivity index (χ3v) is 5.86. The maximum absolute atomic E-state index is 12.6. The number of piperidine rings is 1. The monoisotopic (exact) mass is 476 g/mol. The normalized spacial score (nSPS) is 16.2. The second kappa shape index (κ2) is 11.4. The van der Waals surface area contributed by atoms with Crippen molar-refractivity contribution in [2.24, 2.45) is 0 Å². The van der Waals surface area contributed by atoms with Crippen molar-refractivity contribution in [1.29, 1.82) is 0 Å². The highest BCUT2D eigenvalue weighted by atomic mass is 79.9. The van der Waals surface area contributed by atoms with Crippen LogP contribution in [0.2, 0.25) is 0 Å². The van der Waals surface area contributed by atoms with Gasteiger partial charge in [-0.2, -0.15) is 8.78 Å². The number of hydrogen-bond donors (Lipinski definition) is 1. The minimum atomic E-state index is -2.90. The lowest BCUT2D eigenvalue weighted by molar-refractivity contribution is -0.0503. The molecule has 1 aliphatic rings. The Labute approximate surface area is 174 Å². The van der Waals surface area contributed by atoms with E-state index < -0.39 is 17.6 Å². The number of alkyl halides is 2. The molecule has 1 saturated heterocycles. The zero-order chi connectivity index (χ0) is 20.5. The van der Waals surface area contributed by atoms with Gasteiger partial charge in [-0.1, -0.05) is 35.8 Å². The van der Waals surface area contributed by atoms with Gasteiger partial charge in [-0.3, -0.25) is 0 Å². The maximum atomic E-state index is 12.6. The summed E-state index contributed by atoms with van der Waals surface area (Å²) >= 11 is 3.39. The molecule has 3 rings (SSSR count). The molecule has 1 aromatic carbocycles. The molecule has 2 heterocycles. The molecule has 2 aromatic rings. The second-order valence-electron chi connectivity index (χ2n) is 5.68. The van der Waals surface area contributed by atoms with E-state index in [0.717, 1.165) is 22.2 Å². The molecule has 0 spiro atoms. The molecule has 1 N–H and O–H groups in total. The quantitative estimate of drug-likeness (QED) is 0.666. The van der Waals surface area contributed by atoms with Crippen LogP contribution in [-0.2, 0) is 11.0 Å². The van der Waals surface area contributed by atoms with E-state index in [4.69, 9.17) is 0 Å². The fourth-order valence-electron chi connectivity index (χ4n) is 2.63. The molecule has 1 aliphatic heterocycles. The van der Waals surface area contributed by atoms with E-state index in [2.05, 4.69) is 36.0 Å². The Morgan fingerprint density at radius 3 is 2.46 bits per heavy atom. The van der Waals surface area contributed by atoms with Gasteiger partial charge < -0.3 is 10.1 Å². The molecule has 0 amide bonds. The van der Waals surface area contributed by atoms with Crippen LogP contribution in [0.3, 0.4) is 0 Å². The van der Waals surface area contributed by atoms with Crippen molar-refractivity contribution in [1.82, 2.24) is 14.3 Å². The Hall–Kier alpha value is -1.65. The number of nitrogens with one attached hydrogen (secondary N) is 1. The first-order valence-corrected chi connectivity index (χ1v) is 10.9. The fraction of sp³-hybridized carbons (Fsp3) is 0.444. The van der Waals surface area contributed by atoms with Crippen molar-refractivity contribution in [3.63, 3.8) is 0 Å². The van der Waals surface area contributed by atoms with E-state index in [1.54, 1.807) is 0 Å². The average Bonchev–Trinajstić information content (AvgIpc) is 2.71. The Morgan fingerprint density at radius 1 is 1.25 bits per heavy atom. The average molecular weight is 477 g/mol. The molecule has 1 unspecified atom stereocenters. The molecule has 10 heteroatoms. The number of ether oxygens (including phenoxy) is 1. The van der Waals surface area contributed by atoms with Gasteiger partial charge in [-0.15, -0.1) is 0 Å². The molecule has 1 fully saturated rings. The highest BCUT2D eigenvalue weighted by molar-refractivity contribution is 9.10. The summed E-state index contributed by atoms with van der Waals surface area (Å²) in [5, 5.41) is 3.17. The number of halogens is 3. The summed E-state index contributed by atoms with van der Waals surface area (Å²) in [5.41, 5.74) is 0. The SMILES string of the molecule is CC.O=S(c1cccc(Br)c1)N1CCC(Nc2ncc(OC(F)F)cn2)CC1. The van der Waals surface area contributed by atoms with Crippen molar-refractivity contribution in [2.45, 2.75) is 44.2 Å². The van der Waals surface area contributed by atoms with Gasteiger partial charge >= 0.3 is 6.61 Å². The summed E-state index contributed by atoms with van der Waals surface area (Å²) in [7, 11) is -1.19. The minimum Gasteiger partial charge on any atom is -0.432 e. The maximum Gasteiger partial charge on any atom is 0.387 e. The van der Waals surface area contributed by atoms with Crippen LogP contribution < -0.4 is 10.1 Å². The van der Waals surface area contributed by atoms with Gasteiger partial charge in [-0.25, -0.2) is 18.5 Å². The van der Waals surface area contributed by atoms with Gasteiger partial charge in [-0.05, 0) is 31.0 Å². The highest BCUT2D eigenvalue weighted by Gasteiger charge is 2.24. The molecule has 28 heavy (non-hydrogen) atoms. The largest absolute Gasteiger partial charge is 0.432 e. The van der Waals surface area contributed by atoms with Gasteiger partial charge in [0.25, 0.3) is 0 Å². The molecule has 154 valence electrons. The van der Waals surface area contributed by atoms with Gasteiger partial charge in [0.15, 0.2) is 5.75 Å². The summed E-state index contributed by atoms with van der Waals surface area (Å²) in [5.74, 6) is 0.281. The molecule has 6 nitrogen and oxygen atoms in total. The van der Waals surface area contributed by atoms with E-state index in [9.17, 15) is 13.0 Å². The van der Waals surface area contributed by atoms with Crippen LogP contribution in [0.1, 0.15) is 26.7 Å². The fourth-order valence-corrected chi connectivity index (χ4v) is 4.44. The highest BCUT2D eigenvalue weighted by Crippen LogP contribution is 2.22. The lowest BCUT2D eigenvalue weighted by atomic mass is 10.1.